The molecule has 2 rings (SSSR count). The van der Waals surface area contributed by atoms with Gasteiger partial charge in [-0.15, -0.1) is 0 Å². The Morgan fingerprint density at radius 3 is 2.37 bits per heavy atom. The van der Waals surface area contributed by atoms with Crippen molar-refractivity contribution in [2.75, 3.05) is 12.4 Å². The average Bonchev–Trinajstić information content (AvgIpc) is 2.56. The van der Waals surface area contributed by atoms with E-state index < -0.39 is 17.5 Å². The number of nitrogens with one attached hydrogen (secondary N) is 1. The molecule has 1 fully saturated rings. The average molecular weight is 399 g/mol. The second kappa shape index (κ2) is 8.21. The number of amides is 2. The van der Waals surface area contributed by atoms with Gasteiger partial charge in [0, 0.05) is 17.6 Å². The number of carboxylic acid groups (broad SMARTS) is 1. The number of carbonyl (C=O) groups excluding carboxylic acids is 1. The van der Waals surface area contributed by atoms with E-state index in [4.69, 9.17) is 22.1 Å². The second-order valence-corrected chi connectivity index (χ2v) is 8.12. The van der Waals surface area contributed by atoms with Crippen LogP contribution >= 0.6 is 11.6 Å². The third kappa shape index (κ3) is 4.94. The first kappa shape index (κ1) is 21.1. The predicted octanol–water partition coefficient (Wildman–Crippen LogP) is 3.34. The molecule has 1 heterocycles. The van der Waals surface area contributed by atoms with Crippen LogP contribution in [0.15, 0.2) is 6.07 Å². The molecule has 0 radical (unpaired) electrons. The maximum Gasteiger partial charge on any atom is 0.407 e. The molecule has 0 unspecified atom stereocenters. The quantitative estimate of drug-likeness (QED) is 0.700. The van der Waals surface area contributed by atoms with Crippen LogP contribution in [0.5, 0.6) is 5.88 Å². The molecule has 0 atom stereocenters. The van der Waals surface area contributed by atoms with Crippen molar-refractivity contribution < 1.29 is 19.4 Å². The topological polar surface area (TPSA) is 118 Å². The normalized spacial score (nSPS) is 20.0. The summed E-state index contributed by atoms with van der Waals surface area (Å²) in [6.07, 6.45) is 2.16. The van der Waals surface area contributed by atoms with E-state index in [0.717, 1.165) is 25.7 Å². The highest BCUT2D eigenvalue weighted by molar-refractivity contribution is 6.33. The van der Waals surface area contributed by atoms with Gasteiger partial charge in [-0.2, -0.15) is 4.98 Å². The number of primary amides is 1. The summed E-state index contributed by atoms with van der Waals surface area (Å²) in [6, 6.07) is 1.52. The predicted molar refractivity (Wildman–Crippen MR) is 104 cm³/mol. The third-order valence-electron chi connectivity index (χ3n) is 4.73. The molecule has 0 aromatic carbocycles. The van der Waals surface area contributed by atoms with Crippen molar-refractivity contribution in [3.8, 4) is 5.88 Å². The van der Waals surface area contributed by atoms with Crippen LogP contribution < -0.4 is 15.8 Å². The number of nitrogens with two attached hydrogens (primary N) is 1. The van der Waals surface area contributed by atoms with Crippen molar-refractivity contribution >= 4 is 29.4 Å². The van der Waals surface area contributed by atoms with Gasteiger partial charge in [0.25, 0.3) is 5.91 Å². The molecule has 1 aromatic heterocycles. The zero-order valence-electron chi connectivity index (χ0n) is 16.1. The number of nitrogens with zero attached hydrogens (tertiary/aromatic N) is 2. The summed E-state index contributed by atoms with van der Waals surface area (Å²) in [6.45, 7) is 5.71. The Balaban J connectivity index is 2.08. The minimum absolute atomic E-state index is 0.0178. The van der Waals surface area contributed by atoms with Crippen LogP contribution in [0.1, 0.15) is 56.8 Å². The molecule has 1 saturated carbocycles. The SMILES string of the molecule is COc1nc(NC2CCC(N(C(=O)O)C(C)(C)C)CC2)c(Cl)cc1C(N)=O. The number of hydrogen-bond donors (Lipinski definition) is 3. The molecule has 1 aliphatic rings. The highest BCUT2D eigenvalue weighted by Crippen LogP contribution is 2.32. The number of anilines is 1. The fourth-order valence-corrected chi connectivity index (χ4v) is 3.77. The second-order valence-electron chi connectivity index (χ2n) is 7.71. The van der Waals surface area contributed by atoms with E-state index in [0.29, 0.717) is 5.82 Å². The van der Waals surface area contributed by atoms with Gasteiger partial charge in [0.05, 0.1) is 12.1 Å². The smallest absolute Gasteiger partial charge is 0.407 e. The van der Waals surface area contributed by atoms with E-state index in [1.165, 1.54) is 13.2 Å². The maximum atomic E-state index is 11.7. The van der Waals surface area contributed by atoms with Gasteiger partial charge >= 0.3 is 6.09 Å². The van der Waals surface area contributed by atoms with E-state index >= 15 is 0 Å². The molecular weight excluding hydrogens is 372 g/mol. The Kier molecular flexibility index (Phi) is 6.41. The van der Waals surface area contributed by atoms with Crippen LogP contribution in [0.25, 0.3) is 0 Å². The molecule has 0 bridgehead atoms. The number of rotatable bonds is 5. The molecular formula is C18H27ClN4O4. The lowest BCUT2D eigenvalue weighted by atomic mass is 9.88. The Labute approximate surface area is 164 Å². The highest BCUT2D eigenvalue weighted by atomic mass is 35.5. The van der Waals surface area contributed by atoms with Crippen LogP contribution in [0.4, 0.5) is 10.6 Å². The number of halogens is 1. The molecule has 150 valence electrons. The minimum Gasteiger partial charge on any atom is -0.480 e. The van der Waals surface area contributed by atoms with Crippen LogP contribution in [-0.2, 0) is 0 Å². The standard InChI is InChI=1S/C18H27ClN4O4/c1-18(2,3)23(17(25)26)11-7-5-10(6-8-11)21-15-13(19)9-12(14(20)24)16(22-15)27-4/h9-11H,5-8H2,1-4H3,(H2,20,24)(H,21,22)(H,25,26). The van der Waals surface area contributed by atoms with Crippen molar-refractivity contribution in [3.05, 3.63) is 16.7 Å². The van der Waals surface area contributed by atoms with Crippen LogP contribution in [-0.4, -0.2) is 51.7 Å². The van der Waals surface area contributed by atoms with Gasteiger partial charge in [-0.3, -0.25) is 4.79 Å². The first-order chi connectivity index (χ1) is 12.5. The van der Waals surface area contributed by atoms with E-state index in [9.17, 15) is 14.7 Å². The van der Waals surface area contributed by atoms with Crippen molar-refractivity contribution in [1.29, 1.82) is 0 Å². The molecule has 27 heavy (non-hydrogen) atoms. The van der Waals surface area contributed by atoms with Gasteiger partial charge in [0.15, 0.2) is 0 Å². The van der Waals surface area contributed by atoms with Gasteiger partial charge in [0.1, 0.15) is 11.4 Å². The van der Waals surface area contributed by atoms with Crippen LogP contribution in [0.2, 0.25) is 5.02 Å². The highest BCUT2D eigenvalue weighted by Gasteiger charge is 2.35. The molecule has 0 saturated heterocycles. The van der Waals surface area contributed by atoms with Gasteiger partial charge in [-0.05, 0) is 52.5 Å². The lowest BCUT2D eigenvalue weighted by Crippen LogP contribution is -2.52. The van der Waals surface area contributed by atoms with Crippen LogP contribution in [0, 0.1) is 0 Å². The summed E-state index contributed by atoms with van der Waals surface area (Å²) in [4.78, 5) is 28.9. The maximum absolute atomic E-state index is 11.7. The van der Waals surface area contributed by atoms with Gasteiger partial charge < -0.3 is 25.8 Å². The van der Waals surface area contributed by atoms with Crippen molar-refractivity contribution in [3.63, 3.8) is 0 Å². The number of aromatic nitrogens is 1. The van der Waals surface area contributed by atoms with Crippen molar-refractivity contribution in [2.24, 2.45) is 5.73 Å². The van der Waals surface area contributed by atoms with Gasteiger partial charge in [0.2, 0.25) is 5.88 Å². The summed E-state index contributed by atoms with van der Waals surface area (Å²) < 4.78 is 5.12. The van der Waals surface area contributed by atoms with Crippen molar-refractivity contribution in [1.82, 2.24) is 9.88 Å². The summed E-state index contributed by atoms with van der Waals surface area (Å²) in [5.74, 6) is -0.120. The lowest BCUT2D eigenvalue weighted by Gasteiger charge is -2.42. The summed E-state index contributed by atoms with van der Waals surface area (Å²) >= 11 is 6.23. The molecule has 2 amide bonds. The zero-order valence-corrected chi connectivity index (χ0v) is 16.8. The fourth-order valence-electron chi connectivity index (χ4n) is 3.57. The molecule has 0 aliphatic heterocycles. The number of carbonyl (C=O) groups is 2. The number of ether oxygens (including phenoxy) is 1. The summed E-state index contributed by atoms with van der Waals surface area (Å²) in [7, 11) is 1.41. The molecule has 1 aromatic rings. The van der Waals surface area contributed by atoms with E-state index in [2.05, 4.69) is 10.3 Å². The van der Waals surface area contributed by atoms with E-state index in [1.54, 1.807) is 4.90 Å². The molecule has 8 nitrogen and oxygen atoms in total. The summed E-state index contributed by atoms with van der Waals surface area (Å²) in [5, 5.41) is 13.1. The third-order valence-corrected chi connectivity index (χ3v) is 5.02. The summed E-state index contributed by atoms with van der Waals surface area (Å²) in [5.41, 5.74) is 4.99. The molecule has 9 heteroatoms. The van der Waals surface area contributed by atoms with E-state index in [1.807, 2.05) is 20.8 Å². The number of methoxy groups -OCH3 is 1. The molecule has 1 aliphatic carbocycles. The van der Waals surface area contributed by atoms with E-state index in [-0.39, 0.29) is 28.5 Å². The van der Waals surface area contributed by atoms with Gasteiger partial charge in [-0.25, -0.2) is 4.79 Å². The Morgan fingerprint density at radius 1 is 1.33 bits per heavy atom. The monoisotopic (exact) mass is 398 g/mol. The Bertz CT molecular complexity index is 712. The molecule has 0 spiro atoms. The Hall–Kier alpha value is -2.22. The number of hydrogen-bond acceptors (Lipinski definition) is 5. The largest absolute Gasteiger partial charge is 0.480 e. The zero-order chi connectivity index (χ0) is 20.4. The lowest BCUT2D eigenvalue weighted by molar-refractivity contribution is 0.0556. The molecule has 4 N–H and O–H groups in total. The van der Waals surface area contributed by atoms with Gasteiger partial charge in [-0.1, -0.05) is 11.6 Å². The first-order valence-corrected chi connectivity index (χ1v) is 9.25. The minimum atomic E-state index is -0.893. The fraction of sp³-hybridized carbons (Fsp3) is 0.611. The van der Waals surface area contributed by atoms with Crippen LogP contribution in [0.3, 0.4) is 0 Å². The van der Waals surface area contributed by atoms with Crippen molar-refractivity contribution in [2.45, 2.75) is 64.1 Å². The first-order valence-electron chi connectivity index (χ1n) is 8.87. The number of pyridine rings is 1. The Morgan fingerprint density at radius 2 is 1.93 bits per heavy atom.